The average Bonchev–Trinajstić information content (AvgIpc) is 3.03. The van der Waals surface area contributed by atoms with E-state index >= 15 is 0 Å². The summed E-state index contributed by atoms with van der Waals surface area (Å²) in [6, 6.07) is 0. The number of hydrogen-bond donors (Lipinski definition) is 0. The maximum Gasteiger partial charge on any atom is 0.504 e. The molecule has 0 saturated heterocycles. The highest BCUT2D eigenvalue weighted by molar-refractivity contribution is 6.63. The highest BCUT2D eigenvalue weighted by Gasteiger charge is 2.66. The average molecular weight is 260 g/mol. The molecule has 0 radical (unpaired) electrons. The SMILES string of the molecule is CCO[Si](OCC)(OCC)C1C(CC)C1CC. The van der Waals surface area contributed by atoms with Crippen molar-refractivity contribution in [2.45, 2.75) is 53.0 Å². The van der Waals surface area contributed by atoms with Gasteiger partial charge < -0.3 is 13.3 Å². The minimum Gasteiger partial charge on any atom is -0.374 e. The molecule has 1 rings (SSSR count). The maximum absolute atomic E-state index is 5.99. The van der Waals surface area contributed by atoms with Crippen molar-refractivity contribution in [1.82, 2.24) is 0 Å². The van der Waals surface area contributed by atoms with Gasteiger partial charge in [-0.25, -0.2) is 0 Å². The summed E-state index contributed by atoms with van der Waals surface area (Å²) in [5.74, 6) is 1.49. The molecule has 2 atom stereocenters. The quantitative estimate of drug-likeness (QED) is 0.594. The lowest BCUT2D eigenvalue weighted by molar-refractivity contribution is 0.0671. The normalized spacial score (nSPS) is 28.4. The highest BCUT2D eigenvalue weighted by Crippen LogP contribution is 2.61. The minimum absolute atomic E-state index is 0.539. The minimum atomic E-state index is -2.43. The van der Waals surface area contributed by atoms with Crippen molar-refractivity contribution in [2.24, 2.45) is 11.8 Å². The van der Waals surface area contributed by atoms with Crippen LogP contribution in [0.3, 0.4) is 0 Å². The Labute approximate surface area is 107 Å². The number of rotatable bonds is 9. The van der Waals surface area contributed by atoms with E-state index in [9.17, 15) is 0 Å². The van der Waals surface area contributed by atoms with Crippen molar-refractivity contribution < 1.29 is 13.3 Å². The maximum atomic E-state index is 5.99. The van der Waals surface area contributed by atoms with Gasteiger partial charge in [-0.05, 0) is 32.6 Å². The van der Waals surface area contributed by atoms with E-state index in [1.165, 1.54) is 12.8 Å². The van der Waals surface area contributed by atoms with Crippen LogP contribution < -0.4 is 0 Å². The molecule has 0 aliphatic heterocycles. The molecule has 0 heterocycles. The third-order valence-corrected chi connectivity index (χ3v) is 7.47. The van der Waals surface area contributed by atoms with Gasteiger partial charge in [-0.15, -0.1) is 0 Å². The van der Waals surface area contributed by atoms with Crippen LogP contribution in [0.2, 0.25) is 5.54 Å². The largest absolute Gasteiger partial charge is 0.504 e. The van der Waals surface area contributed by atoms with Crippen LogP contribution in [0.5, 0.6) is 0 Å². The van der Waals surface area contributed by atoms with E-state index in [2.05, 4.69) is 13.8 Å². The molecule has 0 spiro atoms. The lowest BCUT2D eigenvalue weighted by Gasteiger charge is -2.29. The molecule has 0 N–H and O–H groups in total. The Bertz CT molecular complexity index is 196. The molecule has 1 aliphatic rings. The molecular weight excluding hydrogens is 232 g/mol. The lowest BCUT2D eigenvalue weighted by atomic mass is 10.2. The fourth-order valence-corrected chi connectivity index (χ4v) is 7.04. The molecule has 0 aromatic heterocycles. The molecule has 0 aromatic rings. The van der Waals surface area contributed by atoms with Gasteiger partial charge in [0.15, 0.2) is 0 Å². The molecule has 1 saturated carbocycles. The van der Waals surface area contributed by atoms with Gasteiger partial charge in [0.2, 0.25) is 0 Å². The Morgan fingerprint density at radius 1 is 0.706 bits per heavy atom. The number of hydrogen-bond acceptors (Lipinski definition) is 3. The van der Waals surface area contributed by atoms with Crippen molar-refractivity contribution >= 4 is 8.80 Å². The lowest BCUT2D eigenvalue weighted by Crippen LogP contribution is -2.47. The molecular formula is C13H28O3Si. The van der Waals surface area contributed by atoms with Gasteiger partial charge >= 0.3 is 8.80 Å². The summed E-state index contributed by atoms with van der Waals surface area (Å²) in [7, 11) is -2.43. The van der Waals surface area contributed by atoms with Crippen molar-refractivity contribution in [1.29, 1.82) is 0 Å². The Balaban J connectivity index is 2.80. The molecule has 4 heteroatoms. The Hall–Kier alpha value is 0.0969. The van der Waals surface area contributed by atoms with Crippen LogP contribution in [0.15, 0.2) is 0 Å². The summed E-state index contributed by atoms with van der Waals surface area (Å²) < 4.78 is 18.0. The fraction of sp³-hybridized carbons (Fsp3) is 1.00. The standard InChI is InChI=1S/C13H28O3Si/c1-6-11-12(7-2)13(11)17(14-8-3,15-9-4)16-10-5/h11-13H,6-10H2,1-5H3. The zero-order valence-corrected chi connectivity index (χ0v) is 13.0. The molecule has 102 valence electrons. The van der Waals surface area contributed by atoms with Crippen LogP contribution >= 0.6 is 0 Å². The van der Waals surface area contributed by atoms with Gasteiger partial charge in [0.1, 0.15) is 0 Å². The summed E-state index contributed by atoms with van der Waals surface area (Å²) >= 11 is 0. The van der Waals surface area contributed by atoms with Crippen LogP contribution in [0.25, 0.3) is 0 Å². The predicted molar refractivity (Wildman–Crippen MR) is 71.9 cm³/mol. The van der Waals surface area contributed by atoms with E-state index in [1.54, 1.807) is 0 Å². The monoisotopic (exact) mass is 260 g/mol. The van der Waals surface area contributed by atoms with E-state index in [-0.39, 0.29) is 0 Å². The summed E-state index contributed by atoms with van der Waals surface area (Å²) in [6.07, 6.45) is 2.43. The zero-order valence-electron chi connectivity index (χ0n) is 12.0. The Kier molecular flexibility index (Phi) is 6.13. The predicted octanol–water partition coefficient (Wildman–Crippen LogP) is 3.47. The third kappa shape index (κ3) is 3.11. The summed E-state index contributed by atoms with van der Waals surface area (Å²) in [5.41, 5.74) is 0.539. The topological polar surface area (TPSA) is 27.7 Å². The molecule has 2 unspecified atom stereocenters. The smallest absolute Gasteiger partial charge is 0.374 e. The second kappa shape index (κ2) is 6.88. The van der Waals surface area contributed by atoms with E-state index in [1.807, 2.05) is 20.8 Å². The first kappa shape index (κ1) is 15.2. The third-order valence-electron chi connectivity index (χ3n) is 3.72. The van der Waals surface area contributed by atoms with Crippen molar-refractivity contribution in [2.75, 3.05) is 19.8 Å². The molecule has 1 fully saturated rings. The summed E-state index contributed by atoms with van der Waals surface area (Å²) in [5, 5.41) is 0. The molecule has 0 aromatic carbocycles. The van der Waals surface area contributed by atoms with Crippen molar-refractivity contribution in [3.05, 3.63) is 0 Å². The van der Waals surface area contributed by atoms with Gasteiger partial charge in [0.05, 0.1) is 0 Å². The Morgan fingerprint density at radius 2 is 1.06 bits per heavy atom. The molecule has 3 nitrogen and oxygen atoms in total. The Morgan fingerprint density at radius 3 is 1.29 bits per heavy atom. The van der Waals surface area contributed by atoms with Gasteiger partial charge in [-0.2, -0.15) is 0 Å². The van der Waals surface area contributed by atoms with Crippen LogP contribution in [0.4, 0.5) is 0 Å². The van der Waals surface area contributed by atoms with Crippen molar-refractivity contribution in [3.8, 4) is 0 Å². The first-order valence-corrected chi connectivity index (χ1v) is 8.92. The second-order valence-electron chi connectivity index (χ2n) is 4.57. The van der Waals surface area contributed by atoms with Crippen molar-refractivity contribution in [3.63, 3.8) is 0 Å². The fourth-order valence-electron chi connectivity index (χ4n) is 3.10. The van der Waals surface area contributed by atoms with Crippen LogP contribution in [0.1, 0.15) is 47.5 Å². The summed E-state index contributed by atoms with van der Waals surface area (Å²) in [6.45, 7) is 12.7. The molecule has 0 amide bonds. The van der Waals surface area contributed by atoms with Crippen LogP contribution in [-0.4, -0.2) is 28.6 Å². The van der Waals surface area contributed by atoms with E-state index in [0.717, 1.165) is 11.8 Å². The first-order chi connectivity index (χ1) is 8.20. The van der Waals surface area contributed by atoms with Gasteiger partial charge in [-0.3, -0.25) is 0 Å². The van der Waals surface area contributed by atoms with Crippen LogP contribution in [0, 0.1) is 11.8 Å². The van der Waals surface area contributed by atoms with E-state index < -0.39 is 8.80 Å². The second-order valence-corrected chi connectivity index (χ2v) is 7.31. The molecule has 1 aliphatic carbocycles. The van der Waals surface area contributed by atoms with E-state index in [4.69, 9.17) is 13.3 Å². The van der Waals surface area contributed by atoms with E-state index in [0.29, 0.717) is 25.4 Å². The molecule has 17 heavy (non-hydrogen) atoms. The highest BCUT2D eigenvalue weighted by atomic mass is 28.4. The van der Waals surface area contributed by atoms with Gasteiger partial charge in [0, 0.05) is 25.4 Å². The van der Waals surface area contributed by atoms with Crippen LogP contribution in [-0.2, 0) is 13.3 Å². The van der Waals surface area contributed by atoms with Gasteiger partial charge in [0.25, 0.3) is 0 Å². The van der Waals surface area contributed by atoms with Gasteiger partial charge in [-0.1, -0.05) is 26.7 Å². The summed E-state index contributed by atoms with van der Waals surface area (Å²) in [4.78, 5) is 0. The zero-order chi connectivity index (χ0) is 12.9. The first-order valence-electron chi connectivity index (χ1n) is 7.12. The molecule has 0 bridgehead atoms.